The van der Waals surface area contributed by atoms with Crippen molar-refractivity contribution in [3.05, 3.63) is 11.4 Å². The van der Waals surface area contributed by atoms with Gasteiger partial charge in [-0.15, -0.1) is 0 Å². The van der Waals surface area contributed by atoms with Crippen LogP contribution in [-0.2, 0) is 6.42 Å². The number of nitrogens with two attached hydrogens (primary N) is 1. The van der Waals surface area contributed by atoms with Gasteiger partial charge in [-0.3, -0.25) is 9.89 Å². The molecule has 19 heavy (non-hydrogen) atoms. The van der Waals surface area contributed by atoms with Crippen molar-refractivity contribution < 1.29 is 4.79 Å². The van der Waals surface area contributed by atoms with Crippen molar-refractivity contribution in [2.45, 2.75) is 65.3 Å². The molecule has 1 heterocycles. The van der Waals surface area contributed by atoms with E-state index < -0.39 is 0 Å². The predicted octanol–water partition coefficient (Wildman–Crippen LogP) is 2.64. The molecular formula is C14H26N4O. The van der Waals surface area contributed by atoms with Crippen molar-refractivity contribution in [1.29, 1.82) is 0 Å². The smallest absolute Gasteiger partial charge is 0.274 e. The van der Waals surface area contributed by atoms with E-state index in [1.807, 2.05) is 6.92 Å². The third-order valence-electron chi connectivity index (χ3n) is 3.33. The zero-order valence-electron chi connectivity index (χ0n) is 12.3. The Labute approximate surface area is 115 Å². The fourth-order valence-electron chi connectivity index (χ4n) is 2.17. The fourth-order valence-corrected chi connectivity index (χ4v) is 2.17. The van der Waals surface area contributed by atoms with E-state index in [0.717, 1.165) is 44.2 Å². The number of rotatable bonds is 8. The number of aryl methyl sites for hydroxylation is 1. The summed E-state index contributed by atoms with van der Waals surface area (Å²) in [6.45, 7) is 6.26. The second-order valence-corrected chi connectivity index (χ2v) is 4.92. The van der Waals surface area contributed by atoms with Crippen molar-refractivity contribution in [3.63, 3.8) is 0 Å². The van der Waals surface area contributed by atoms with Crippen molar-refractivity contribution in [1.82, 2.24) is 15.5 Å². The van der Waals surface area contributed by atoms with Gasteiger partial charge in [-0.2, -0.15) is 5.10 Å². The van der Waals surface area contributed by atoms with Crippen LogP contribution in [0.1, 0.15) is 69.1 Å². The zero-order chi connectivity index (χ0) is 14.3. The zero-order valence-corrected chi connectivity index (χ0v) is 12.3. The molecule has 0 spiro atoms. The summed E-state index contributed by atoms with van der Waals surface area (Å²) in [5.41, 5.74) is 7.54. The highest BCUT2D eigenvalue weighted by Gasteiger charge is 2.19. The van der Waals surface area contributed by atoms with Gasteiger partial charge in [-0.1, -0.05) is 40.0 Å². The third-order valence-corrected chi connectivity index (χ3v) is 3.33. The SMILES string of the molecule is CCCCC(CCC)NC(=O)c1n[nH]c(CC)c1N. The van der Waals surface area contributed by atoms with Crippen LogP contribution < -0.4 is 11.1 Å². The van der Waals surface area contributed by atoms with Gasteiger partial charge >= 0.3 is 0 Å². The molecule has 0 aromatic carbocycles. The number of H-pyrrole nitrogens is 1. The van der Waals surface area contributed by atoms with Gasteiger partial charge in [0.1, 0.15) is 0 Å². The van der Waals surface area contributed by atoms with Gasteiger partial charge in [0.15, 0.2) is 5.69 Å². The van der Waals surface area contributed by atoms with E-state index in [4.69, 9.17) is 5.73 Å². The minimum absolute atomic E-state index is 0.164. The van der Waals surface area contributed by atoms with Crippen LogP contribution in [0.3, 0.4) is 0 Å². The van der Waals surface area contributed by atoms with Crippen LogP contribution in [0.25, 0.3) is 0 Å². The van der Waals surface area contributed by atoms with E-state index >= 15 is 0 Å². The topological polar surface area (TPSA) is 83.8 Å². The van der Waals surface area contributed by atoms with E-state index in [-0.39, 0.29) is 11.9 Å². The summed E-state index contributed by atoms with van der Waals surface area (Å²) in [6.07, 6.45) is 6.09. The second-order valence-electron chi connectivity index (χ2n) is 4.92. The molecular weight excluding hydrogens is 240 g/mol. The molecule has 1 aromatic heterocycles. The molecule has 0 bridgehead atoms. The minimum atomic E-state index is -0.164. The molecule has 1 unspecified atom stereocenters. The Morgan fingerprint density at radius 2 is 2.05 bits per heavy atom. The van der Waals surface area contributed by atoms with E-state index in [0.29, 0.717) is 11.4 Å². The van der Waals surface area contributed by atoms with Crippen LogP contribution in [0.2, 0.25) is 0 Å². The maximum Gasteiger partial charge on any atom is 0.274 e. The van der Waals surface area contributed by atoms with Crippen LogP contribution in [0, 0.1) is 0 Å². The monoisotopic (exact) mass is 266 g/mol. The molecule has 0 saturated carbocycles. The first-order chi connectivity index (χ1) is 9.13. The van der Waals surface area contributed by atoms with Crippen LogP contribution in [0.5, 0.6) is 0 Å². The summed E-state index contributed by atoms with van der Waals surface area (Å²) in [5, 5.41) is 9.88. The largest absolute Gasteiger partial charge is 0.395 e. The van der Waals surface area contributed by atoms with E-state index in [1.165, 1.54) is 0 Å². The first kappa shape index (κ1) is 15.5. The number of carbonyl (C=O) groups excluding carboxylic acids is 1. The maximum atomic E-state index is 12.2. The standard InChI is InChI=1S/C14H26N4O/c1-4-7-9-10(8-5-2)16-14(19)13-12(15)11(6-3)17-18-13/h10H,4-9,15H2,1-3H3,(H,16,19)(H,17,18). The highest BCUT2D eigenvalue weighted by atomic mass is 16.2. The average molecular weight is 266 g/mol. The molecule has 0 radical (unpaired) electrons. The van der Waals surface area contributed by atoms with Gasteiger partial charge in [0.05, 0.1) is 11.4 Å². The molecule has 0 aliphatic rings. The predicted molar refractivity (Wildman–Crippen MR) is 78.1 cm³/mol. The lowest BCUT2D eigenvalue weighted by Gasteiger charge is -2.17. The molecule has 1 atom stereocenters. The quantitative estimate of drug-likeness (QED) is 0.676. The number of unbranched alkanes of at least 4 members (excludes halogenated alkanes) is 1. The van der Waals surface area contributed by atoms with Crippen molar-refractivity contribution in [2.75, 3.05) is 5.73 Å². The molecule has 0 aliphatic carbocycles. The Morgan fingerprint density at radius 1 is 1.32 bits per heavy atom. The summed E-state index contributed by atoms with van der Waals surface area (Å²) >= 11 is 0. The molecule has 1 aromatic rings. The van der Waals surface area contributed by atoms with Gasteiger partial charge in [-0.05, 0) is 19.3 Å². The number of aromatic amines is 1. The molecule has 5 heteroatoms. The second kappa shape index (κ2) is 7.81. The van der Waals surface area contributed by atoms with Gasteiger partial charge < -0.3 is 11.1 Å². The number of hydrogen-bond acceptors (Lipinski definition) is 3. The number of nitrogens with one attached hydrogen (secondary N) is 2. The average Bonchev–Trinajstić information content (AvgIpc) is 2.77. The van der Waals surface area contributed by atoms with Gasteiger partial charge in [0.25, 0.3) is 5.91 Å². The number of nitrogens with zero attached hydrogens (tertiary/aromatic N) is 1. The van der Waals surface area contributed by atoms with E-state index in [2.05, 4.69) is 29.4 Å². The Kier molecular flexibility index (Phi) is 6.39. The third kappa shape index (κ3) is 4.26. The van der Waals surface area contributed by atoms with E-state index in [1.54, 1.807) is 0 Å². The summed E-state index contributed by atoms with van der Waals surface area (Å²) in [7, 11) is 0. The first-order valence-electron chi connectivity index (χ1n) is 7.27. The van der Waals surface area contributed by atoms with Crippen LogP contribution in [0.15, 0.2) is 0 Å². The molecule has 1 rings (SSSR count). The number of nitrogen functional groups attached to an aromatic ring is 1. The van der Waals surface area contributed by atoms with Crippen LogP contribution in [0.4, 0.5) is 5.69 Å². The highest BCUT2D eigenvalue weighted by Crippen LogP contribution is 2.15. The van der Waals surface area contributed by atoms with Gasteiger partial charge in [0, 0.05) is 6.04 Å². The van der Waals surface area contributed by atoms with Crippen LogP contribution in [-0.4, -0.2) is 22.1 Å². The molecule has 0 fully saturated rings. The number of carbonyl (C=O) groups is 1. The Hall–Kier alpha value is -1.52. The molecule has 5 nitrogen and oxygen atoms in total. The number of anilines is 1. The minimum Gasteiger partial charge on any atom is -0.395 e. The summed E-state index contributed by atoms with van der Waals surface area (Å²) in [4.78, 5) is 12.2. The van der Waals surface area contributed by atoms with Crippen molar-refractivity contribution >= 4 is 11.6 Å². The van der Waals surface area contributed by atoms with Gasteiger partial charge in [-0.25, -0.2) is 0 Å². The summed E-state index contributed by atoms with van der Waals surface area (Å²) in [6, 6.07) is 0.221. The molecule has 1 amide bonds. The first-order valence-corrected chi connectivity index (χ1v) is 7.27. The Balaban J connectivity index is 2.67. The number of aromatic nitrogens is 2. The normalized spacial score (nSPS) is 12.4. The lowest BCUT2D eigenvalue weighted by Crippen LogP contribution is -2.35. The van der Waals surface area contributed by atoms with Crippen molar-refractivity contribution in [2.24, 2.45) is 0 Å². The molecule has 0 saturated heterocycles. The van der Waals surface area contributed by atoms with Crippen molar-refractivity contribution in [3.8, 4) is 0 Å². The fraction of sp³-hybridized carbons (Fsp3) is 0.714. The Morgan fingerprint density at radius 3 is 2.58 bits per heavy atom. The number of amides is 1. The van der Waals surface area contributed by atoms with E-state index in [9.17, 15) is 4.79 Å². The highest BCUT2D eigenvalue weighted by molar-refractivity contribution is 5.97. The van der Waals surface area contributed by atoms with Crippen LogP contribution >= 0.6 is 0 Å². The molecule has 0 aliphatic heterocycles. The Bertz CT molecular complexity index is 400. The molecule has 4 N–H and O–H groups in total. The van der Waals surface area contributed by atoms with Gasteiger partial charge in [0.2, 0.25) is 0 Å². The lowest BCUT2D eigenvalue weighted by molar-refractivity contribution is 0.0928. The number of hydrogen-bond donors (Lipinski definition) is 3. The summed E-state index contributed by atoms with van der Waals surface area (Å²) in [5.74, 6) is -0.164. The lowest BCUT2D eigenvalue weighted by atomic mass is 10.0. The molecule has 108 valence electrons. The maximum absolute atomic E-state index is 12.2. The summed E-state index contributed by atoms with van der Waals surface area (Å²) < 4.78 is 0.